The highest BCUT2D eigenvalue weighted by atomic mass is 32.2. The van der Waals surface area contributed by atoms with Crippen molar-refractivity contribution in [3.63, 3.8) is 0 Å². The second-order valence-electron chi connectivity index (χ2n) is 5.75. The molecular weight excluding hydrogens is 272 g/mol. The zero-order valence-electron chi connectivity index (χ0n) is 11.5. The van der Waals surface area contributed by atoms with Crippen LogP contribution in [-0.2, 0) is 14.9 Å². The first-order chi connectivity index (χ1) is 9.71. The molecule has 20 heavy (non-hydrogen) atoms. The summed E-state index contributed by atoms with van der Waals surface area (Å²) in [7, 11) is 0. The minimum atomic E-state index is -0.662. The predicted molar refractivity (Wildman–Crippen MR) is 79.3 cm³/mol. The SMILES string of the molecule is O=C(O)C1(c2ccc(SC3COC3)cc2)CCCCC1. The molecule has 2 aliphatic rings. The molecule has 1 aromatic carbocycles. The van der Waals surface area contributed by atoms with Gasteiger partial charge in [-0.15, -0.1) is 11.8 Å². The second-order valence-corrected chi connectivity index (χ2v) is 7.12. The Hall–Kier alpha value is -1.00. The Labute approximate surface area is 123 Å². The summed E-state index contributed by atoms with van der Waals surface area (Å²) in [6.45, 7) is 1.65. The Balaban J connectivity index is 1.78. The third-order valence-corrected chi connectivity index (χ3v) is 5.58. The fourth-order valence-electron chi connectivity index (χ4n) is 3.11. The van der Waals surface area contributed by atoms with Gasteiger partial charge in [0, 0.05) is 4.90 Å². The number of hydrogen-bond donors (Lipinski definition) is 1. The molecule has 0 spiro atoms. The Bertz CT molecular complexity index is 473. The maximum absolute atomic E-state index is 11.8. The van der Waals surface area contributed by atoms with Gasteiger partial charge in [-0.1, -0.05) is 31.4 Å². The van der Waals surface area contributed by atoms with Gasteiger partial charge in [0.1, 0.15) is 0 Å². The zero-order chi connectivity index (χ0) is 14.0. The highest BCUT2D eigenvalue weighted by Gasteiger charge is 2.41. The summed E-state index contributed by atoms with van der Waals surface area (Å²) in [6.07, 6.45) is 4.73. The summed E-state index contributed by atoms with van der Waals surface area (Å²) >= 11 is 1.82. The summed E-state index contributed by atoms with van der Waals surface area (Å²) in [5.41, 5.74) is 0.319. The molecule has 0 radical (unpaired) electrons. The van der Waals surface area contributed by atoms with Crippen molar-refractivity contribution in [3.05, 3.63) is 29.8 Å². The lowest BCUT2D eigenvalue weighted by atomic mass is 9.69. The average Bonchev–Trinajstić information content (AvgIpc) is 2.44. The summed E-state index contributed by atoms with van der Waals surface area (Å²) in [5, 5.41) is 10.2. The first-order valence-corrected chi connectivity index (χ1v) is 8.17. The second kappa shape index (κ2) is 5.78. The highest BCUT2D eigenvalue weighted by Crippen LogP contribution is 2.40. The minimum absolute atomic E-state index is 0.559. The summed E-state index contributed by atoms with van der Waals surface area (Å²) in [6, 6.07) is 8.16. The van der Waals surface area contributed by atoms with Crippen LogP contribution in [0.3, 0.4) is 0 Å². The standard InChI is InChI=1S/C16H20O3S/c17-15(18)16(8-2-1-3-9-16)12-4-6-13(7-5-12)20-14-10-19-11-14/h4-7,14H,1-3,8-11H2,(H,17,18). The number of ether oxygens (including phenoxy) is 1. The van der Waals surface area contributed by atoms with E-state index in [4.69, 9.17) is 4.74 Å². The van der Waals surface area contributed by atoms with Crippen molar-refractivity contribution >= 4 is 17.7 Å². The van der Waals surface area contributed by atoms with E-state index < -0.39 is 11.4 Å². The summed E-state index contributed by atoms with van der Waals surface area (Å²) in [4.78, 5) is 13.0. The summed E-state index contributed by atoms with van der Waals surface area (Å²) in [5.74, 6) is -0.662. The molecule has 1 aromatic rings. The molecule has 1 saturated carbocycles. The van der Waals surface area contributed by atoms with Crippen molar-refractivity contribution in [1.82, 2.24) is 0 Å². The van der Waals surface area contributed by atoms with Crippen LogP contribution in [-0.4, -0.2) is 29.5 Å². The van der Waals surface area contributed by atoms with Gasteiger partial charge in [-0.25, -0.2) is 0 Å². The first-order valence-electron chi connectivity index (χ1n) is 7.29. The van der Waals surface area contributed by atoms with E-state index in [1.807, 2.05) is 23.9 Å². The Morgan fingerprint density at radius 1 is 1.15 bits per heavy atom. The van der Waals surface area contributed by atoms with Crippen LogP contribution in [0.4, 0.5) is 0 Å². The zero-order valence-corrected chi connectivity index (χ0v) is 12.3. The fraction of sp³-hybridized carbons (Fsp3) is 0.562. The van der Waals surface area contributed by atoms with Gasteiger partial charge in [0.05, 0.1) is 23.9 Å². The number of rotatable bonds is 4. The molecular formula is C16H20O3S. The topological polar surface area (TPSA) is 46.5 Å². The molecule has 1 aliphatic carbocycles. The number of carbonyl (C=O) groups is 1. The maximum Gasteiger partial charge on any atom is 0.314 e. The molecule has 4 heteroatoms. The van der Waals surface area contributed by atoms with Gasteiger partial charge in [-0.3, -0.25) is 4.79 Å². The third-order valence-electron chi connectivity index (χ3n) is 4.43. The largest absolute Gasteiger partial charge is 0.481 e. The van der Waals surface area contributed by atoms with Crippen LogP contribution in [0.15, 0.2) is 29.2 Å². The molecule has 0 amide bonds. The van der Waals surface area contributed by atoms with Crippen LogP contribution in [0.25, 0.3) is 0 Å². The van der Waals surface area contributed by atoms with E-state index >= 15 is 0 Å². The molecule has 3 rings (SSSR count). The molecule has 108 valence electrons. The Kier molecular flexibility index (Phi) is 4.03. The van der Waals surface area contributed by atoms with Gasteiger partial charge >= 0.3 is 5.97 Å². The lowest BCUT2D eigenvalue weighted by Crippen LogP contribution is -2.37. The van der Waals surface area contributed by atoms with Gasteiger partial charge in [0.2, 0.25) is 0 Å². The molecule has 0 unspecified atom stereocenters. The van der Waals surface area contributed by atoms with E-state index in [0.717, 1.165) is 50.9 Å². The molecule has 1 saturated heterocycles. The van der Waals surface area contributed by atoms with Gasteiger partial charge in [-0.2, -0.15) is 0 Å². The van der Waals surface area contributed by atoms with E-state index in [2.05, 4.69) is 12.1 Å². The van der Waals surface area contributed by atoms with E-state index in [9.17, 15) is 9.90 Å². The smallest absolute Gasteiger partial charge is 0.314 e. The van der Waals surface area contributed by atoms with Crippen molar-refractivity contribution in [2.75, 3.05) is 13.2 Å². The van der Waals surface area contributed by atoms with Crippen molar-refractivity contribution < 1.29 is 14.6 Å². The number of benzene rings is 1. The first kappa shape index (κ1) is 14.0. The van der Waals surface area contributed by atoms with Crippen molar-refractivity contribution in [3.8, 4) is 0 Å². The Morgan fingerprint density at radius 3 is 2.30 bits per heavy atom. The molecule has 1 N–H and O–H groups in total. The predicted octanol–water partition coefficient (Wildman–Crippen LogP) is 3.46. The van der Waals surface area contributed by atoms with E-state index in [0.29, 0.717) is 5.25 Å². The third kappa shape index (κ3) is 2.59. The fourth-order valence-corrected chi connectivity index (χ4v) is 4.12. The molecule has 0 aromatic heterocycles. The van der Waals surface area contributed by atoms with Crippen molar-refractivity contribution in [1.29, 1.82) is 0 Å². The van der Waals surface area contributed by atoms with E-state index in [1.165, 1.54) is 4.90 Å². The molecule has 2 fully saturated rings. The number of aliphatic carboxylic acids is 1. The highest BCUT2D eigenvalue weighted by molar-refractivity contribution is 8.00. The lowest BCUT2D eigenvalue weighted by molar-refractivity contribution is -0.145. The van der Waals surface area contributed by atoms with Crippen LogP contribution in [0.2, 0.25) is 0 Å². The Morgan fingerprint density at radius 2 is 1.80 bits per heavy atom. The molecule has 1 heterocycles. The van der Waals surface area contributed by atoms with Gasteiger partial charge in [-0.05, 0) is 30.5 Å². The number of carboxylic acids is 1. The molecule has 3 nitrogen and oxygen atoms in total. The number of hydrogen-bond acceptors (Lipinski definition) is 3. The van der Waals surface area contributed by atoms with E-state index in [1.54, 1.807) is 0 Å². The van der Waals surface area contributed by atoms with Crippen LogP contribution in [0.5, 0.6) is 0 Å². The van der Waals surface area contributed by atoms with Gasteiger partial charge < -0.3 is 9.84 Å². The van der Waals surface area contributed by atoms with E-state index in [-0.39, 0.29) is 0 Å². The van der Waals surface area contributed by atoms with Crippen LogP contribution in [0, 0.1) is 0 Å². The van der Waals surface area contributed by atoms with Crippen LogP contribution < -0.4 is 0 Å². The van der Waals surface area contributed by atoms with Gasteiger partial charge in [0.15, 0.2) is 0 Å². The number of carboxylic acid groups (broad SMARTS) is 1. The minimum Gasteiger partial charge on any atom is -0.481 e. The molecule has 0 bridgehead atoms. The van der Waals surface area contributed by atoms with Crippen LogP contribution >= 0.6 is 11.8 Å². The lowest BCUT2D eigenvalue weighted by Gasteiger charge is -2.33. The van der Waals surface area contributed by atoms with Crippen molar-refractivity contribution in [2.45, 2.75) is 47.7 Å². The average molecular weight is 292 g/mol. The molecule has 1 aliphatic heterocycles. The van der Waals surface area contributed by atoms with Gasteiger partial charge in [0.25, 0.3) is 0 Å². The molecule has 0 atom stereocenters. The van der Waals surface area contributed by atoms with Crippen molar-refractivity contribution in [2.24, 2.45) is 0 Å². The maximum atomic E-state index is 11.8. The number of thioether (sulfide) groups is 1. The van der Waals surface area contributed by atoms with Crippen LogP contribution in [0.1, 0.15) is 37.7 Å². The quantitative estimate of drug-likeness (QED) is 0.923. The monoisotopic (exact) mass is 292 g/mol. The summed E-state index contributed by atoms with van der Waals surface area (Å²) < 4.78 is 5.17. The normalized spacial score (nSPS) is 22.2.